The first-order valence-electron chi connectivity index (χ1n) is 8.84. The topological polar surface area (TPSA) is 47.9 Å². The van der Waals surface area contributed by atoms with Crippen molar-refractivity contribution < 1.29 is 19.3 Å². The lowest BCUT2D eigenvalue weighted by Gasteiger charge is -2.36. The summed E-state index contributed by atoms with van der Waals surface area (Å²) in [6.07, 6.45) is 0. The monoisotopic (exact) mass is 364 g/mol. The van der Waals surface area contributed by atoms with Crippen LogP contribution in [-0.2, 0) is 10.3 Å². The van der Waals surface area contributed by atoms with Gasteiger partial charge in [0.25, 0.3) is 0 Å². The van der Waals surface area contributed by atoms with Crippen molar-refractivity contribution in [2.45, 2.75) is 5.60 Å². The Balaban J connectivity index is 2.22. The normalized spacial score (nSPS) is 11.2. The molecule has 1 N–H and O–H groups in total. The minimum absolute atomic E-state index is 0.0686. The second kappa shape index (κ2) is 8.71. The molecular weight excluding hydrogens is 340 g/mol. The molecule has 0 spiro atoms. The molecule has 0 unspecified atom stereocenters. The zero-order chi connectivity index (χ0) is 19.1. The Kier molecular flexibility index (Phi) is 6.12. The molecule has 3 aromatic carbocycles. The van der Waals surface area contributed by atoms with Gasteiger partial charge in [-0.1, -0.05) is 54.6 Å². The average Bonchev–Trinajstić information content (AvgIpc) is 2.76. The van der Waals surface area contributed by atoms with Crippen LogP contribution in [-0.4, -0.2) is 32.5 Å². The Labute approximate surface area is 160 Å². The van der Waals surface area contributed by atoms with Crippen LogP contribution in [0.5, 0.6) is 11.5 Å². The molecule has 0 radical (unpaired) electrons. The molecule has 0 fully saturated rings. The Bertz CT molecular complexity index is 779. The molecule has 0 saturated carbocycles. The Hall–Kier alpha value is -2.82. The van der Waals surface area contributed by atoms with Gasteiger partial charge in [0.05, 0.1) is 27.4 Å². The molecule has 140 valence electrons. The van der Waals surface area contributed by atoms with Crippen molar-refractivity contribution in [1.82, 2.24) is 0 Å². The number of hydrogen-bond donors (Lipinski definition) is 1. The highest BCUT2D eigenvalue weighted by Gasteiger charge is 2.37. The molecule has 3 rings (SSSR count). The first kappa shape index (κ1) is 19.0. The maximum atomic E-state index is 9.47. The average molecular weight is 364 g/mol. The summed E-state index contributed by atoms with van der Waals surface area (Å²) in [6, 6.07) is 25.6. The van der Waals surface area contributed by atoms with Gasteiger partial charge in [-0.25, -0.2) is 0 Å². The number of rotatable bonds is 8. The molecule has 0 aliphatic heterocycles. The molecule has 0 aromatic heterocycles. The summed E-state index contributed by atoms with van der Waals surface area (Å²) >= 11 is 0. The molecule has 0 aliphatic carbocycles. The zero-order valence-electron chi connectivity index (χ0n) is 15.6. The van der Waals surface area contributed by atoms with Crippen molar-refractivity contribution in [2.24, 2.45) is 0 Å². The highest BCUT2D eigenvalue weighted by Crippen LogP contribution is 2.41. The Morgan fingerprint density at radius 2 is 1.11 bits per heavy atom. The quantitative estimate of drug-likeness (QED) is 0.614. The van der Waals surface area contributed by atoms with Crippen molar-refractivity contribution >= 4 is 0 Å². The highest BCUT2D eigenvalue weighted by molar-refractivity contribution is 5.49. The van der Waals surface area contributed by atoms with Crippen LogP contribution in [0.25, 0.3) is 0 Å². The van der Waals surface area contributed by atoms with Gasteiger partial charge in [0.1, 0.15) is 17.1 Å². The Morgan fingerprint density at radius 3 is 1.52 bits per heavy atom. The fourth-order valence-electron chi connectivity index (χ4n) is 3.27. The van der Waals surface area contributed by atoms with Crippen LogP contribution in [0.15, 0.2) is 78.9 Å². The van der Waals surface area contributed by atoms with Gasteiger partial charge in [0, 0.05) is 0 Å². The van der Waals surface area contributed by atoms with Gasteiger partial charge in [-0.15, -0.1) is 0 Å². The smallest absolute Gasteiger partial charge is 0.143 e. The molecule has 3 aromatic rings. The van der Waals surface area contributed by atoms with Gasteiger partial charge < -0.3 is 19.3 Å². The number of methoxy groups -OCH3 is 2. The molecule has 0 aliphatic rings. The van der Waals surface area contributed by atoms with Crippen molar-refractivity contribution in [3.8, 4) is 11.5 Å². The molecule has 4 nitrogen and oxygen atoms in total. The van der Waals surface area contributed by atoms with Crippen LogP contribution < -0.4 is 9.47 Å². The van der Waals surface area contributed by atoms with Gasteiger partial charge in [0.15, 0.2) is 0 Å². The third-order valence-electron chi connectivity index (χ3n) is 4.58. The number of aliphatic hydroxyl groups excluding tert-OH is 1. The predicted octanol–water partition coefficient (Wildman–Crippen LogP) is 4.00. The first-order chi connectivity index (χ1) is 13.2. The summed E-state index contributed by atoms with van der Waals surface area (Å²) in [5.41, 5.74) is 2.03. The van der Waals surface area contributed by atoms with Crippen LogP contribution in [0.4, 0.5) is 0 Å². The van der Waals surface area contributed by atoms with Crippen molar-refractivity contribution in [2.75, 3.05) is 27.4 Å². The molecule has 0 heterocycles. The van der Waals surface area contributed by atoms with Crippen LogP contribution in [0, 0.1) is 0 Å². The van der Waals surface area contributed by atoms with Crippen LogP contribution in [0.1, 0.15) is 16.7 Å². The van der Waals surface area contributed by atoms with E-state index in [1.165, 1.54) is 0 Å². The predicted molar refractivity (Wildman–Crippen MR) is 105 cm³/mol. The third kappa shape index (κ3) is 3.82. The first-order valence-corrected chi connectivity index (χ1v) is 8.84. The van der Waals surface area contributed by atoms with Crippen LogP contribution in [0.2, 0.25) is 0 Å². The van der Waals surface area contributed by atoms with E-state index >= 15 is 0 Å². The SMILES string of the molecule is COc1ccc(C(OCCO)(c2ccccc2)c2ccc(OC)cc2)cc1. The molecule has 0 saturated heterocycles. The van der Waals surface area contributed by atoms with E-state index in [0.717, 1.165) is 28.2 Å². The van der Waals surface area contributed by atoms with Gasteiger partial charge in [-0.05, 0) is 41.0 Å². The summed E-state index contributed by atoms with van der Waals surface area (Å²) in [7, 11) is 3.29. The van der Waals surface area contributed by atoms with Crippen LogP contribution >= 0.6 is 0 Å². The number of benzene rings is 3. The Morgan fingerprint density at radius 1 is 0.667 bits per heavy atom. The number of aliphatic hydroxyl groups is 1. The van der Waals surface area contributed by atoms with E-state index in [4.69, 9.17) is 14.2 Å². The van der Waals surface area contributed by atoms with Crippen LogP contribution in [0.3, 0.4) is 0 Å². The van der Waals surface area contributed by atoms with E-state index in [0.29, 0.717) is 0 Å². The molecule has 0 amide bonds. The number of ether oxygens (including phenoxy) is 3. The van der Waals surface area contributed by atoms with E-state index in [-0.39, 0.29) is 13.2 Å². The molecule has 0 bridgehead atoms. The van der Waals surface area contributed by atoms with Crippen molar-refractivity contribution in [3.63, 3.8) is 0 Å². The maximum absolute atomic E-state index is 9.47. The minimum atomic E-state index is -0.859. The maximum Gasteiger partial charge on any atom is 0.143 e. The second-order valence-corrected chi connectivity index (χ2v) is 6.08. The lowest BCUT2D eigenvalue weighted by atomic mass is 9.80. The van der Waals surface area contributed by atoms with Crippen molar-refractivity contribution in [3.05, 3.63) is 95.6 Å². The lowest BCUT2D eigenvalue weighted by molar-refractivity contribution is -0.00648. The van der Waals surface area contributed by atoms with E-state index in [1.807, 2.05) is 78.9 Å². The van der Waals surface area contributed by atoms with Gasteiger partial charge in [0.2, 0.25) is 0 Å². The van der Waals surface area contributed by atoms with E-state index < -0.39 is 5.60 Å². The van der Waals surface area contributed by atoms with E-state index in [2.05, 4.69) is 0 Å². The largest absolute Gasteiger partial charge is 0.497 e. The van der Waals surface area contributed by atoms with Gasteiger partial charge in [-0.2, -0.15) is 0 Å². The lowest BCUT2D eigenvalue weighted by Crippen LogP contribution is -2.34. The summed E-state index contributed by atoms with van der Waals surface area (Å²) in [5.74, 6) is 1.55. The molecule has 0 atom stereocenters. The van der Waals surface area contributed by atoms with E-state index in [1.54, 1.807) is 14.2 Å². The standard InChI is InChI=1S/C23H24O4/c1-25-21-12-8-19(9-13-21)23(27-17-16-24,18-6-4-3-5-7-18)20-10-14-22(26-2)15-11-20/h3-15,24H,16-17H2,1-2H3. The summed E-state index contributed by atoms with van der Waals surface area (Å²) in [6.45, 7) is 0.133. The van der Waals surface area contributed by atoms with Crippen molar-refractivity contribution in [1.29, 1.82) is 0 Å². The van der Waals surface area contributed by atoms with Gasteiger partial charge >= 0.3 is 0 Å². The fraction of sp³-hybridized carbons (Fsp3) is 0.217. The highest BCUT2D eigenvalue weighted by atomic mass is 16.5. The fourth-order valence-corrected chi connectivity index (χ4v) is 3.27. The molecule has 27 heavy (non-hydrogen) atoms. The molecule has 4 heteroatoms. The summed E-state index contributed by atoms with van der Waals surface area (Å²) in [4.78, 5) is 0. The van der Waals surface area contributed by atoms with E-state index in [9.17, 15) is 5.11 Å². The summed E-state index contributed by atoms with van der Waals surface area (Å²) < 4.78 is 17.0. The summed E-state index contributed by atoms with van der Waals surface area (Å²) in [5, 5.41) is 9.47. The molecular formula is C23H24O4. The second-order valence-electron chi connectivity index (χ2n) is 6.08. The van der Waals surface area contributed by atoms with Gasteiger partial charge in [-0.3, -0.25) is 0 Å². The number of hydrogen-bond acceptors (Lipinski definition) is 4. The third-order valence-corrected chi connectivity index (χ3v) is 4.58. The minimum Gasteiger partial charge on any atom is -0.497 e. The zero-order valence-corrected chi connectivity index (χ0v) is 15.6.